The Morgan fingerprint density at radius 1 is 1.53 bits per heavy atom. The van der Waals surface area contributed by atoms with Gasteiger partial charge in [0, 0.05) is 44.0 Å². The summed E-state index contributed by atoms with van der Waals surface area (Å²) in [5, 5.41) is 3.24. The molecule has 5 heteroatoms. The highest BCUT2D eigenvalue weighted by Gasteiger charge is 2.18. The Hall–Kier alpha value is -1.62. The van der Waals surface area contributed by atoms with Gasteiger partial charge in [0.2, 0.25) is 5.88 Å². The molecule has 1 fully saturated rings. The minimum Gasteiger partial charge on any atom is -0.475 e. The minimum absolute atomic E-state index is 0.0536. The van der Waals surface area contributed by atoms with Crippen molar-refractivity contribution in [1.82, 2.24) is 15.2 Å². The van der Waals surface area contributed by atoms with Crippen LogP contribution >= 0.6 is 0 Å². The fourth-order valence-corrected chi connectivity index (χ4v) is 1.95. The number of carbonyl (C=O) groups is 1. The van der Waals surface area contributed by atoms with E-state index in [1.165, 1.54) is 0 Å². The van der Waals surface area contributed by atoms with Crippen LogP contribution in [0, 0.1) is 0 Å². The highest BCUT2D eigenvalue weighted by molar-refractivity contribution is 5.94. The fraction of sp³-hybridized carbons (Fsp3) is 0.571. The SMILES string of the molecule is CCC(C)Oc1cc(C(=O)N2CCNCC2)ccn1. The topological polar surface area (TPSA) is 54.5 Å². The second-order valence-electron chi connectivity index (χ2n) is 4.76. The Morgan fingerprint density at radius 3 is 2.95 bits per heavy atom. The van der Waals surface area contributed by atoms with Crippen LogP contribution in [0.2, 0.25) is 0 Å². The lowest BCUT2D eigenvalue weighted by molar-refractivity contribution is 0.0734. The van der Waals surface area contributed by atoms with Crippen LogP contribution in [-0.2, 0) is 0 Å². The summed E-state index contributed by atoms with van der Waals surface area (Å²) in [5.41, 5.74) is 0.648. The third-order valence-electron chi connectivity index (χ3n) is 3.28. The molecule has 0 radical (unpaired) electrons. The van der Waals surface area contributed by atoms with Crippen molar-refractivity contribution in [3.05, 3.63) is 23.9 Å². The standard InChI is InChI=1S/C14H21N3O2/c1-3-11(2)19-13-10-12(4-5-16-13)14(18)17-8-6-15-7-9-17/h4-5,10-11,15H,3,6-9H2,1-2H3. The normalized spacial score (nSPS) is 17.1. The molecule has 5 nitrogen and oxygen atoms in total. The molecular weight excluding hydrogens is 242 g/mol. The molecule has 1 saturated heterocycles. The van der Waals surface area contributed by atoms with Crippen molar-refractivity contribution >= 4 is 5.91 Å². The lowest BCUT2D eigenvalue weighted by Gasteiger charge is -2.27. The summed E-state index contributed by atoms with van der Waals surface area (Å²) in [6.45, 7) is 7.26. The van der Waals surface area contributed by atoms with Crippen molar-refractivity contribution in [2.45, 2.75) is 26.4 Å². The Morgan fingerprint density at radius 2 is 2.26 bits per heavy atom. The Labute approximate surface area is 114 Å². The number of aromatic nitrogens is 1. The lowest BCUT2D eigenvalue weighted by atomic mass is 10.2. The van der Waals surface area contributed by atoms with Gasteiger partial charge in [-0.15, -0.1) is 0 Å². The molecule has 0 saturated carbocycles. The predicted molar refractivity (Wildman–Crippen MR) is 73.4 cm³/mol. The summed E-state index contributed by atoms with van der Waals surface area (Å²) in [6, 6.07) is 3.48. The van der Waals surface area contributed by atoms with E-state index in [9.17, 15) is 4.79 Å². The van der Waals surface area contributed by atoms with E-state index >= 15 is 0 Å². The van der Waals surface area contributed by atoms with E-state index in [1.54, 1.807) is 18.3 Å². The fourth-order valence-electron chi connectivity index (χ4n) is 1.95. The van der Waals surface area contributed by atoms with Crippen molar-refractivity contribution in [1.29, 1.82) is 0 Å². The van der Waals surface area contributed by atoms with Gasteiger partial charge in [0.15, 0.2) is 0 Å². The van der Waals surface area contributed by atoms with Gasteiger partial charge < -0.3 is 15.0 Å². The van der Waals surface area contributed by atoms with Gasteiger partial charge in [0.25, 0.3) is 5.91 Å². The maximum Gasteiger partial charge on any atom is 0.254 e. The number of rotatable bonds is 4. The molecule has 1 aromatic heterocycles. The maximum absolute atomic E-state index is 12.3. The maximum atomic E-state index is 12.3. The summed E-state index contributed by atoms with van der Waals surface area (Å²) in [4.78, 5) is 18.3. The number of nitrogens with zero attached hydrogens (tertiary/aromatic N) is 2. The molecule has 0 spiro atoms. The van der Waals surface area contributed by atoms with Gasteiger partial charge in [-0.1, -0.05) is 6.92 Å². The number of carbonyl (C=O) groups excluding carboxylic acids is 1. The molecule has 19 heavy (non-hydrogen) atoms. The molecule has 0 aromatic carbocycles. The number of nitrogens with one attached hydrogen (secondary N) is 1. The Bertz CT molecular complexity index is 430. The van der Waals surface area contributed by atoms with Crippen molar-refractivity contribution in [3.63, 3.8) is 0 Å². The molecule has 1 aromatic rings. The van der Waals surface area contributed by atoms with E-state index in [1.807, 2.05) is 11.8 Å². The van der Waals surface area contributed by atoms with E-state index in [0.29, 0.717) is 11.4 Å². The van der Waals surface area contributed by atoms with Crippen molar-refractivity contribution in [2.24, 2.45) is 0 Å². The summed E-state index contributed by atoms with van der Waals surface area (Å²) in [7, 11) is 0. The van der Waals surface area contributed by atoms with E-state index in [2.05, 4.69) is 17.2 Å². The van der Waals surface area contributed by atoms with Crippen LogP contribution in [0.5, 0.6) is 5.88 Å². The second kappa shape index (κ2) is 6.52. The zero-order valence-corrected chi connectivity index (χ0v) is 11.6. The number of hydrogen-bond donors (Lipinski definition) is 1. The zero-order valence-electron chi connectivity index (χ0n) is 11.6. The number of piperazine rings is 1. The van der Waals surface area contributed by atoms with E-state index < -0.39 is 0 Å². The molecule has 1 amide bonds. The molecule has 1 N–H and O–H groups in total. The smallest absolute Gasteiger partial charge is 0.254 e. The first-order valence-electron chi connectivity index (χ1n) is 6.83. The summed E-state index contributed by atoms with van der Waals surface area (Å²) in [6.07, 6.45) is 2.65. The molecule has 1 unspecified atom stereocenters. The monoisotopic (exact) mass is 263 g/mol. The second-order valence-corrected chi connectivity index (χ2v) is 4.76. The first kappa shape index (κ1) is 13.8. The number of ether oxygens (including phenoxy) is 1. The van der Waals surface area contributed by atoms with Gasteiger partial charge in [0.05, 0.1) is 6.10 Å². The van der Waals surface area contributed by atoms with Crippen LogP contribution in [0.15, 0.2) is 18.3 Å². The first-order valence-corrected chi connectivity index (χ1v) is 6.83. The van der Waals surface area contributed by atoms with Crippen molar-refractivity contribution in [2.75, 3.05) is 26.2 Å². The summed E-state index contributed by atoms with van der Waals surface area (Å²) in [5.74, 6) is 0.577. The Balaban J connectivity index is 2.06. The number of hydrogen-bond acceptors (Lipinski definition) is 4. The lowest BCUT2D eigenvalue weighted by Crippen LogP contribution is -2.46. The van der Waals surface area contributed by atoms with Gasteiger partial charge in [0.1, 0.15) is 0 Å². The highest BCUT2D eigenvalue weighted by Crippen LogP contribution is 2.14. The molecule has 104 valence electrons. The van der Waals surface area contributed by atoms with E-state index in [-0.39, 0.29) is 12.0 Å². The van der Waals surface area contributed by atoms with Crippen LogP contribution in [0.3, 0.4) is 0 Å². The summed E-state index contributed by atoms with van der Waals surface area (Å²) >= 11 is 0. The molecule has 0 bridgehead atoms. The summed E-state index contributed by atoms with van der Waals surface area (Å²) < 4.78 is 5.65. The molecule has 2 rings (SSSR count). The van der Waals surface area contributed by atoms with Gasteiger partial charge in [-0.25, -0.2) is 4.98 Å². The van der Waals surface area contributed by atoms with Gasteiger partial charge in [-0.05, 0) is 19.4 Å². The third kappa shape index (κ3) is 3.67. The number of pyridine rings is 1. The van der Waals surface area contributed by atoms with Crippen LogP contribution < -0.4 is 10.1 Å². The van der Waals surface area contributed by atoms with Gasteiger partial charge in [-0.3, -0.25) is 4.79 Å². The minimum atomic E-state index is 0.0536. The van der Waals surface area contributed by atoms with Crippen LogP contribution in [-0.4, -0.2) is 48.1 Å². The van der Waals surface area contributed by atoms with E-state index in [0.717, 1.165) is 32.6 Å². The molecular formula is C14H21N3O2. The first-order chi connectivity index (χ1) is 9.20. The highest BCUT2D eigenvalue weighted by atomic mass is 16.5. The zero-order chi connectivity index (χ0) is 13.7. The predicted octanol–water partition coefficient (Wildman–Crippen LogP) is 1.30. The molecule has 1 aliphatic rings. The van der Waals surface area contributed by atoms with E-state index in [4.69, 9.17) is 4.74 Å². The molecule has 1 aliphatic heterocycles. The van der Waals surface area contributed by atoms with Crippen LogP contribution in [0.1, 0.15) is 30.6 Å². The van der Waals surface area contributed by atoms with Gasteiger partial charge in [-0.2, -0.15) is 0 Å². The average Bonchev–Trinajstić information content (AvgIpc) is 2.47. The van der Waals surface area contributed by atoms with Crippen LogP contribution in [0.25, 0.3) is 0 Å². The van der Waals surface area contributed by atoms with Crippen molar-refractivity contribution < 1.29 is 9.53 Å². The third-order valence-corrected chi connectivity index (χ3v) is 3.28. The molecule has 1 atom stereocenters. The quantitative estimate of drug-likeness (QED) is 0.889. The average molecular weight is 263 g/mol. The molecule has 0 aliphatic carbocycles. The van der Waals surface area contributed by atoms with Crippen molar-refractivity contribution in [3.8, 4) is 5.88 Å². The van der Waals surface area contributed by atoms with Crippen LogP contribution in [0.4, 0.5) is 0 Å². The number of amides is 1. The largest absolute Gasteiger partial charge is 0.475 e. The molecule has 2 heterocycles. The Kier molecular flexibility index (Phi) is 4.74. The van der Waals surface area contributed by atoms with Gasteiger partial charge >= 0.3 is 0 Å².